The highest BCUT2D eigenvalue weighted by Gasteiger charge is 2.50. The average Bonchev–Trinajstić information content (AvgIpc) is 3.55. The molecule has 4 aromatic rings. The summed E-state index contributed by atoms with van der Waals surface area (Å²) in [5.41, 5.74) is 4.15. The number of nitrogens with two attached hydrogens (primary N) is 1. The van der Waals surface area contributed by atoms with Gasteiger partial charge < -0.3 is 30.6 Å². The van der Waals surface area contributed by atoms with Gasteiger partial charge in [0, 0.05) is 6.42 Å². The molecule has 0 saturated carbocycles. The molecule has 0 radical (unpaired) electrons. The zero-order valence-corrected chi connectivity index (χ0v) is 20.0. The first-order valence-corrected chi connectivity index (χ1v) is 12.5. The van der Waals surface area contributed by atoms with Gasteiger partial charge in [0.2, 0.25) is 5.95 Å². The van der Waals surface area contributed by atoms with Gasteiger partial charge >= 0.3 is 7.82 Å². The molecule has 38 heavy (non-hydrogen) atoms. The van der Waals surface area contributed by atoms with E-state index in [0.717, 1.165) is 28.1 Å². The van der Waals surface area contributed by atoms with Crippen molar-refractivity contribution in [1.82, 2.24) is 39.0 Å². The molecule has 20 heteroatoms. The minimum atomic E-state index is -4.98. The predicted octanol–water partition coefficient (Wildman–Crippen LogP) is -1.55. The molecule has 1 saturated heterocycles. The maximum atomic E-state index is 15.1. The van der Waals surface area contributed by atoms with Crippen molar-refractivity contribution in [3.05, 3.63) is 39.7 Å². The number of hydrogen-bond donors (Lipinski definition) is 6. The number of H-pyrrole nitrogens is 2. The molecular formula is C18H21FN9O9P. The Bertz CT molecular complexity index is 1640. The van der Waals surface area contributed by atoms with Crippen molar-refractivity contribution >= 4 is 36.1 Å². The van der Waals surface area contributed by atoms with Crippen LogP contribution >= 0.6 is 7.82 Å². The molecule has 0 amide bonds. The largest absolute Gasteiger partial charge is 0.472 e. The number of rotatable bonds is 9. The number of nitrogens with one attached hydrogen (secondary N) is 2. The summed E-state index contributed by atoms with van der Waals surface area (Å²) in [5, 5.41) is 19.9. The SMILES string of the molecule is Nc1nc2c(ncn2[C@@H]2O[C@H](CO)[C@@H](F)[C@H]2OP(=O)(O)OCC[C@@H](O)n2cnc3c(=O)[nH]cnc32)c(=O)[nH]1. The van der Waals surface area contributed by atoms with E-state index < -0.39 is 63.0 Å². The summed E-state index contributed by atoms with van der Waals surface area (Å²) >= 11 is 0. The maximum absolute atomic E-state index is 15.1. The van der Waals surface area contributed by atoms with Crippen LogP contribution in [0.3, 0.4) is 0 Å². The molecule has 4 aromatic heterocycles. The highest BCUT2D eigenvalue weighted by atomic mass is 31.2. The van der Waals surface area contributed by atoms with E-state index in [1.165, 1.54) is 0 Å². The number of nitrogens with zero attached hydrogens (tertiary/aromatic N) is 6. The number of anilines is 1. The molecule has 0 aliphatic carbocycles. The maximum Gasteiger partial charge on any atom is 0.472 e. The fourth-order valence-corrected chi connectivity index (χ4v) is 4.91. The number of aromatic nitrogens is 8. The Balaban J connectivity index is 1.31. The lowest BCUT2D eigenvalue weighted by Gasteiger charge is -2.23. The third kappa shape index (κ3) is 4.71. The van der Waals surface area contributed by atoms with Crippen LogP contribution in [0.15, 0.2) is 28.6 Å². The number of aromatic amines is 2. The zero-order valence-electron chi connectivity index (χ0n) is 19.1. The zero-order chi connectivity index (χ0) is 27.2. The summed E-state index contributed by atoms with van der Waals surface area (Å²) in [7, 11) is -4.98. The third-order valence-electron chi connectivity index (χ3n) is 5.74. The number of phosphoric ester groups is 1. The van der Waals surface area contributed by atoms with E-state index in [1.807, 2.05) is 0 Å². The van der Waals surface area contributed by atoms with Gasteiger partial charge in [0.1, 0.15) is 18.4 Å². The fraction of sp³-hybridized carbons (Fsp3) is 0.444. The number of halogens is 1. The van der Waals surface area contributed by atoms with Gasteiger partial charge in [-0.05, 0) is 0 Å². The number of ether oxygens (including phenoxy) is 1. The van der Waals surface area contributed by atoms with Crippen LogP contribution in [-0.4, -0.2) is 85.7 Å². The molecule has 6 atom stereocenters. The lowest BCUT2D eigenvalue weighted by Crippen LogP contribution is -2.32. The first-order chi connectivity index (χ1) is 18.1. The Kier molecular flexibility index (Phi) is 6.82. The molecule has 1 aliphatic heterocycles. The van der Waals surface area contributed by atoms with Crippen LogP contribution in [-0.2, 0) is 18.3 Å². The third-order valence-corrected chi connectivity index (χ3v) is 6.76. The number of nitrogen functional groups attached to an aromatic ring is 1. The Labute approximate surface area is 209 Å². The Morgan fingerprint density at radius 3 is 2.71 bits per heavy atom. The van der Waals surface area contributed by atoms with Crippen molar-refractivity contribution in [3.8, 4) is 0 Å². The first-order valence-electron chi connectivity index (χ1n) is 11.0. The van der Waals surface area contributed by atoms with Crippen LogP contribution in [0.2, 0.25) is 0 Å². The summed E-state index contributed by atoms with van der Waals surface area (Å²) in [4.78, 5) is 54.3. The van der Waals surface area contributed by atoms with Crippen molar-refractivity contribution in [2.45, 2.75) is 37.3 Å². The Morgan fingerprint density at radius 1 is 1.21 bits per heavy atom. The molecule has 1 fully saturated rings. The summed E-state index contributed by atoms with van der Waals surface area (Å²) in [6.07, 6.45) is -5.10. The predicted molar refractivity (Wildman–Crippen MR) is 123 cm³/mol. The van der Waals surface area contributed by atoms with Crippen molar-refractivity contribution in [2.24, 2.45) is 0 Å². The van der Waals surface area contributed by atoms with E-state index in [0.29, 0.717) is 0 Å². The normalized spacial score (nSPS) is 24.2. The van der Waals surface area contributed by atoms with Gasteiger partial charge in [-0.15, -0.1) is 0 Å². The molecular weight excluding hydrogens is 536 g/mol. The van der Waals surface area contributed by atoms with Gasteiger partial charge in [-0.2, -0.15) is 4.98 Å². The first kappa shape index (κ1) is 26.0. The second kappa shape index (κ2) is 9.95. The number of alkyl halides is 1. The highest BCUT2D eigenvalue weighted by molar-refractivity contribution is 7.47. The van der Waals surface area contributed by atoms with Crippen LogP contribution in [0.4, 0.5) is 10.3 Å². The quantitative estimate of drug-likeness (QED) is 0.127. The van der Waals surface area contributed by atoms with E-state index in [2.05, 4.69) is 29.9 Å². The van der Waals surface area contributed by atoms with Gasteiger partial charge in [0.15, 0.2) is 34.7 Å². The topological polar surface area (TPSA) is 259 Å². The number of hydrogen-bond acceptors (Lipinski definition) is 13. The molecule has 204 valence electrons. The van der Waals surface area contributed by atoms with E-state index in [9.17, 15) is 29.3 Å². The van der Waals surface area contributed by atoms with Gasteiger partial charge in [-0.25, -0.2) is 23.9 Å². The van der Waals surface area contributed by atoms with Crippen molar-refractivity contribution < 1.29 is 37.8 Å². The van der Waals surface area contributed by atoms with Crippen LogP contribution in [0.1, 0.15) is 18.9 Å². The van der Waals surface area contributed by atoms with E-state index in [4.69, 9.17) is 19.5 Å². The van der Waals surface area contributed by atoms with Crippen LogP contribution in [0.25, 0.3) is 22.3 Å². The minimum Gasteiger partial charge on any atom is -0.394 e. The molecule has 0 spiro atoms. The summed E-state index contributed by atoms with van der Waals surface area (Å²) in [6.45, 7) is -1.34. The van der Waals surface area contributed by atoms with Crippen molar-refractivity contribution in [3.63, 3.8) is 0 Å². The van der Waals surface area contributed by atoms with Gasteiger partial charge in [0.25, 0.3) is 11.1 Å². The molecule has 0 bridgehead atoms. The second-order valence-corrected chi connectivity index (χ2v) is 9.57. The summed E-state index contributed by atoms with van der Waals surface area (Å²) in [5.74, 6) is -0.268. The lowest BCUT2D eigenvalue weighted by atomic mass is 10.1. The lowest BCUT2D eigenvalue weighted by molar-refractivity contribution is -0.0503. The monoisotopic (exact) mass is 557 g/mol. The number of fused-ring (bicyclic) bond motifs is 2. The standard InChI is InChI=1S/C18H21FN9O9P/c19-9-7(3-29)36-17(28-6-24-11-14(28)25-18(20)26-16(11)32)12(9)37-38(33,34)35-2-1-8(30)27-5-23-10-13(27)21-4-22-15(10)31/h4-9,12,17,29-30H,1-3H2,(H,33,34)(H,21,22,31)(H3,20,25,26,32)/t7-,8-,9-,12-,17-/m1/s1. The Morgan fingerprint density at radius 2 is 1.95 bits per heavy atom. The van der Waals surface area contributed by atoms with Gasteiger partial charge in [0.05, 0.1) is 32.2 Å². The van der Waals surface area contributed by atoms with Crippen LogP contribution in [0.5, 0.6) is 0 Å². The molecule has 7 N–H and O–H groups in total. The Hall–Kier alpha value is -3.58. The van der Waals surface area contributed by atoms with Crippen LogP contribution < -0.4 is 16.9 Å². The van der Waals surface area contributed by atoms with Gasteiger partial charge in [-0.3, -0.25) is 32.8 Å². The molecule has 1 unspecified atom stereocenters. The molecule has 5 heterocycles. The van der Waals surface area contributed by atoms with E-state index >= 15 is 4.39 Å². The van der Waals surface area contributed by atoms with Crippen molar-refractivity contribution in [2.75, 3.05) is 18.9 Å². The summed E-state index contributed by atoms with van der Waals surface area (Å²) < 4.78 is 45.4. The minimum absolute atomic E-state index is 0.0198. The summed E-state index contributed by atoms with van der Waals surface area (Å²) in [6, 6.07) is 0. The smallest absolute Gasteiger partial charge is 0.394 e. The average molecular weight is 557 g/mol. The molecule has 0 aromatic carbocycles. The fourth-order valence-electron chi connectivity index (χ4n) is 3.99. The van der Waals surface area contributed by atoms with Crippen molar-refractivity contribution in [1.29, 1.82) is 0 Å². The molecule has 5 rings (SSSR count). The van der Waals surface area contributed by atoms with E-state index in [1.54, 1.807) is 0 Å². The second-order valence-electron chi connectivity index (χ2n) is 8.16. The number of imidazole rings is 2. The van der Waals surface area contributed by atoms with Crippen LogP contribution in [0, 0.1) is 0 Å². The van der Waals surface area contributed by atoms with E-state index in [-0.39, 0.29) is 34.7 Å². The molecule has 1 aliphatic rings. The number of aliphatic hydroxyl groups excluding tert-OH is 2. The molecule has 18 nitrogen and oxygen atoms in total. The number of phosphoric acid groups is 1. The van der Waals surface area contributed by atoms with Gasteiger partial charge in [-0.1, -0.05) is 0 Å². The number of aliphatic hydroxyl groups is 2. The highest BCUT2D eigenvalue weighted by Crippen LogP contribution is 2.50.